The SMILES string of the molecule is COc1cccc(-c2cnc(CCC(=O)Nc3ccc(Br)cc3F)o2)c1. The number of methoxy groups -OCH3 is 1. The Morgan fingerprint density at radius 1 is 1.31 bits per heavy atom. The van der Waals surface area contributed by atoms with Crippen molar-refractivity contribution in [3.8, 4) is 17.1 Å². The molecular weight excluding hydrogens is 403 g/mol. The largest absolute Gasteiger partial charge is 0.497 e. The lowest BCUT2D eigenvalue weighted by Gasteiger charge is -2.06. The highest BCUT2D eigenvalue weighted by molar-refractivity contribution is 9.10. The van der Waals surface area contributed by atoms with Crippen molar-refractivity contribution in [1.82, 2.24) is 4.98 Å². The molecule has 0 radical (unpaired) electrons. The number of aryl methyl sites for hydroxylation is 1. The topological polar surface area (TPSA) is 64.4 Å². The van der Waals surface area contributed by atoms with Crippen molar-refractivity contribution in [3.05, 3.63) is 64.8 Å². The van der Waals surface area contributed by atoms with Crippen molar-refractivity contribution in [3.63, 3.8) is 0 Å². The highest BCUT2D eigenvalue weighted by Gasteiger charge is 2.11. The Bertz CT molecular complexity index is 927. The van der Waals surface area contributed by atoms with E-state index in [1.807, 2.05) is 24.3 Å². The van der Waals surface area contributed by atoms with Gasteiger partial charge >= 0.3 is 0 Å². The molecule has 0 saturated heterocycles. The van der Waals surface area contributed by atoms with Crippen LogP contribution in [0.3, 0.4) is 0 Å². The fraction of sp³-hybridized carbons (Fsp3) is 0.158. The molecule has 0 saturated carbocycles. The number of halogens is 2. The molecule has 0 aliphatic heterocycles. The predicted molar refractivity (Wildman–Crippen MR) is 99.5 cm³/mol. The summed E-state index contributed by atoms with van der Waals surface area (Å²) in [6.07, 6.45) is 2.05. The van der Waals surface area contributed by atoms with Crippen LogP contribution in [-0.2, 0) is 11.2 Å². The summed E-state index contributed by atoms with van der Waals surface area (Å²) >= 11 is 3.17. The lowest BCUT2D eigenvalue weighted by atomic mass is 10.2. The molecule has 134 valence electrons. The van der Waals surface area contributed by atoms with Gasteiger partial charge < -0.3 is 14.5 Å². The van der Waals surface area contributed by atoms with Gasteiger partial charge in [0, 0.05) is 22.9 Å². The number of hydrogen-bond acceptors (Lipinski definition) is 4. The highest BCUT2D eigenvalue weighted by Crippen LogP contribution is 2.25. The first-order valence-corrected chi connectivity index (χ1v) is 8.68. The van der Waals surface area contributed by atoms with E-state index in [1.165, 1.54) is 12.1 Å². The van der Waals surface area contributed by atoms with Crippen molar-refractivity contribution >= 4 is 27.5 Å². The third kappa shape index (κ3) is 4.49. The molecule has 26 heavy (non-hydrogen) atoms. The number of nitrogens with one attached hydrogen (secondary N) is 1. The van der Waals surface area contributed by atoms with Crippen molar-refractivity contribution in [2.24, 2.45) is 0 Å². The summed E-state index contributed by atoms with van der Waals surface area (Å²) in [5.74, 6) is 0.945. The lowest BCUT2D eigenvalue weighted by Crippen LogP contribution is -2.13. The second-order valence-electron chi connectivity index (χ2n) is 5.52. The molecule has 0 aliphatic carbocycles. The zero-order valence-corrected chi connectivity index (χ0v) is 15.5. The zero-order valence-electron chi connectivity index (χ0n) is 14.0. The van der Waals surface area contributed by atoms with Gasteiger partial charge in [-0.1, -0.05) is 28.1 Å². The van der Waals surface area contributed by atoms with Crippen LogP contribution >= 0.6 is 15.9 Å². The molecule has 0 unspecified atom stereocenters. The number of benzene rings is 2. The zero-order chi connectivity index (χ0) is 18.5. The first-order valence-electron chi connectivity index (χ1n) is 7.89. The van der Waals surface area contributed by atoms with Crippen LogP contribution in [0.25, 0.3) is 11.3 Å². The normalized spacial score (nSPS) is 10.6. The number of carbonyl (C=O) groups excluding carboxylic acids is 1. The fourth-order valence-electron chi connectivity index (χ4n) is 2.36. The maximum absolute atomic E-state index is 13.7. The number of ether oxygens (including phenoxy) is 1. The number of amides is 1. The molecule has 2 aromatic carbocycles. The number of anilines is 1. The van der Waals surface area contributed by atoms with Gasteiger partial charge in [-0.3, -0.25) is 4.79 Å². The first-order chi connectivity index (χ1) is 12.5. The third-order valence-corrected chi connectivity index (χ3v) is 4.17. The Morgan fingerprint density at radius 2 is 2.15 bits per heavy atom. The van der Waals surface area contributed by atoms with E-state index in [4.69, 9.17) is 9.15 Å². The third-order valence-electron chi connectivity index (χ3n) is 3.68. The number of rotatable bonds is 6. The van der Waals surface area contributed by atoms with Gasteiger partial charge in [-0.05, 0) is 30.3 Å². The summed E-state index contributed by atoms with van der Waals surface area (Å²) < 4.78 is 25.2. The fourth-order valence-corrected chi connectivity index (χ4v) is 2.69. The van der Waals surface area contributed by atoms with Crippen LogP contribution in [-0.4, -0.2) is 18.0 Å². The van der Waals surface area contributed by atoms with Gasteiger partial charge in [0.2, 0.25) is 5.91 Å². The minimum atomic E-state index is -0.496. The summed E-state index contributed by atoms with van der Waals surface area (Å²) in [5.41, 5.74) is 0.979. The Labute approximate surface area is 158 Å². The Balaban J connectivity index is 1.60. The quantitative estimate of drug-likeness (QED) is 0.622. The highest BCUT2D eigenvalue weighted by atomic mass is 79.9. The maximum Gasteiger partial charge on any atom is 0.224 e. The van der Waals surface area contributed by atoms with E-state index in [2.05, 4.69) is 26.2 Å². The van der Waals surface area contributed by atoms with E-state index >= 15 is 0 Å². The van der Waals surface area contributed by atoms with Gasteiger partial charge in [0.15, 0.2) is 11.7 Å². The van der Waals surface area contributed by atoms with Gasteiger partial charge in [0.25, 0.3) is 0 Å². The van der Waals surface area contributed by atoms with Crippen LogP contribution < -0.4 is 10.1 Å². The summed E-state index contributed by atoms with van der Waals surface area (Å²) in [7, 11) is 1.60. The average Bonchev–Trinajstić information content (AvgIpc) is 3.11. The Kier molecular flexibility index (Phi) is 5.68. The van der Waals surface area contributed by atoms with Crippen LogP contribution in [0.15, 0.2) is 57.6 Å². The summed E-state index contributed by atoms with van der Waals surface area (Å²) in [6.45, 7) is 0. The second-order valence-corrected chi connectivity index (χ2v) is 6.44. The number of carbonyl (C=O) groups is 1. The van der Waals surface area contributed by atoms with Gasteiger partial charge in [-0.25, -0.2) is 9.37 Å². The van der Waals surface area contributed by atoms with E-state index in [-0.39, 0.29) is 18.0 Å². The molecule has 0 fully saturated rings. The molecule has 0 spiro atoms. The molecular formula is C19H16BrFN2O3. The molecule has 3 aromatic rings. The molecule has 3 rings (SSSR count). The predicted octanol–water partition coefficient (Wildman–Crippen LogP) is 4.82. The van der Waals surface area contributed by atoms with Crippen molar-refractivity contribution in [2.45, 2.75) is 12.8 Å². The average molecular weight is 419 g/mol. The maximum atomic E-state index is 13.7. The van der Waals surface area contributed by atoms with Gasteiger partial charge in [0.05, 0.1) is 19.0 Å². The van der Waals surface area contributed by atoms with Gasteiger partial charge in [-0.15, -0.1) is 0 Å². The summed E-state index contributed by atoms with van der Waals surface area (Å²) in [5, 5.41) is 2.54. The van der Waals surface area contributed by atoms with E-state index in [0.717, 1.165) is 11.3 Å². The van der Waals surface area contributed by atoms with E-state index in [9.17, 15) is 9.18 Å². The lowest BCUT2D eigenvalue weighted by molar-refractivity contribution is -0.116. The monoisotopic (exact) mass is 418 g/mol. The molecule has 1 heterocycles. The van der Waals surface area contributed by atoms with E-state index in [1.54, 1.807) is 19.4 Å². The number of nitrogens with zero attached hydrogens (tertiary/aromatic N) is 1. The van der Waals surface area contributed by atoms with Gasteiger partial charge in [0.1, 0.15) is 11.6 Å². The number of aromatic nitrogens is 1. The summed E-state index contributed by atoms with van der Waals surface area (Å²) in [6, 6.07) is 11.9. The smallest absolute Gasteiger partial charge is 0.224 e. The van der Waals surface area contributed by atoms with Crippen LogP contribution in [0.2, 0.25) is 0 Å². The van der Waals surface area contributed by atoms with E-state index < -0.39 is 5.82 Å². The molecule has 1 aromatic heterocycles. The molecule has 0 bridgehead atoms. The van der Waals surface area contributed by atoms with Crippen LogP contribution in [0.4, 0.5) is 10.1 Å². The Morgan fingerprint density at radius 3 is 2.92 bits per heavy atom. The molecule has 1 N–H and O–H groups in total. The van der Waals surface area contributed by atoms with Crippen molar-refractivity contribution in [2.75, 3.05) is 12.4 Å². The molecule has 5 nitrogen and oxygen atoms in total. The number of oxazole rings is 1. The molecule has 7 heteroatoms. The second kappa shape index (κ2) is 8.14. The Hall–Kier alpha value is -2.67. The molecule has 0 atom stereocenters. The van der Waals surface area contributed by atoms with Gasteiger partial charge in [-0.2, -0.15) is 0 Å². The minimum absolute atomic E-state index is 0.133. The standard InChI is InChI=1S/C19H16BrFN2O3/c1-25-14-4-2-3-12(9-14)17-11-22-19(26-17)8-7-18(24)23-16-6-5-13(20)10-15(16)21/h2-6,9-11H,7-8H2,1H3,(H,23,24). The van der Waals surface area contributed by atoms with Crippen LogP contribution in [0.5, 0.6) is 5.75 Å². The van der Waals surface area contributed by atoms with E-state index in [0.29, 0.717) is 22.5 Å². The number of hydrogen-bond donors (Lipinski definition) is 1. The van der Waals surface area contributed by atoms with Crippen molar-refractivity contribution < 1.29 is 18.3 Å². The molecule has 1 amide bonds. The van der Waals surface area contributed by atoms with Crippen LogP contribution in [0.1, 0.15) is 12.3 Å². The first kappa shape index (κ1) is 18.1. The van der Waals surface area contributed by atoms with Crippen molar-refractivity contribution in [1.29, 1.82) is 0 Å². The summed E-state index contributed by atoms with van der Waals surface area (Å²) in [4.78, 5) is 16.2. The minimum Gasteiger partial charge on any atom is -0.497 e. The molecule has 0 aliphatic rings. The van der Waals surface area contributed by atoms with Crippen LogP contribution in [0, 0.1) is 5.82 Å².